The van der Waals surface area contributed by atoms with E-state index in [1.54, 1.807) is 7.11 Å². The van der Waals surface area contributed by atoms with Crippen LogP contribution in [0, 0.1) is 4.51 Å². The zero-order valence-electron chi connectivity index (χ0n) is 16.6. The van der Waals surface area contributed by atoms with Crippen molar-refractivity contribution in [3.63, 3.8) is 0 Å². The van der Waals surface area contributed by atoms with E-state index in [0.717, 1.165) is 56.2 Å². The largest absolute Gasteiger partial charge is 0.497 e. The van der Waals surface area contributed by atoms with E-state index in [2.05, 4.69) is 60.8 Å². The highest BCUT2D eigenvalue weighted by molar-refractivity contribution is 7.71. The van der Waals surface area contributed by atoms with Crippen LogP contribution in [0.2, 0.25) is 0 Å². The summed E-state index contributed by atoms with van der Waals surface area (Å²) < 4.78 is 12.2. The molecular formula is C25H23NO2S. The number of ether oxygens (including phenoxy) is 1. The quantitative estimate of drug-likeness (QED) is 0.441. The second kappa shape index (κ2) is 8.50. The van der Waals surface area contributed by atoms with Crippen molar-refractivity contribution in [1.82, 2.24) is 0 Å². The van der Waals surface area contributed by atoms with Crippen LogP contribution < -0.4 is 10.1 Å². The zero-order valence-corrected chi connectivity index (χ0v) is 17.4. The molecule has 1 aliphatic carbocycles. The van der Waals surface area contributed by atoms with Gasteiger partial charge < -0.3 is 14.5 Å². The lowest BCUT2D eigenvalue weighted by atomic mass is 9.98. The lowest BCUT2D eigenvalue weighted by Crippen LogP contribution is -2.05. The van der Waals surface area contributed by atoms with Gasteiger partial charge in [0.05, 0.1) is 18.2 Å². The number of allylic oxidation sites excluding steroid dienone is 4. The number of hydrogen-bond acceptors (Lipinski definition) is 4. The van der Waals surface area contributed by atoms with Gasteiger partial charge in [-0.2, -0.15) is 0 Å². The standard InChI is InChI=1S/C25H23NO2S/c1-3-21-15-24(29)25(19-5-4-6-19)23(28-21)16-26-20-11-7-17(8-12-20)18-9-13-22(27-2)14-10-18/h4-15,26H,3,16H2,1-2H3. The molecule has 0 unspecified atom stereocenters. The molecule has 1 heterocycles. The molecule has 2 aromatic carbocycles. The third-order valence-corrected chi connectivity index (χ3v) is 5.34. The normalized spacial score (nSPS) is 12.3. The number of rotatable bonds is 7. The number of methoxy groups -OCH3 is 1. The average molecular weight is 402 g/mol. The van der Waals surface area contributed by atoms with Gasteiger partial charge in [0.15, 0.2) is 0 Å². The van der Waals surface area contributed by atoms with Crippen LogP contribution in [0.25, 0.3) is 16.7 Å². The number of benzene rings is 2. The smallest absolute Gasteiger partial charge is 0.132 e. The van der Waals surface area contributed by atoms with Gasteiger partial charge in [-0.15, -0.1) is 0 Å². The van der Waals surface area contributed by atoms with Crippen molar-refractivity contribution >= 4 is 23.5 Å². The van der Waals surface area contributed by atoms with E-state index in [9.17, 15) is 0 Å². The molecular weight excluding hydrogens is 378 g/mol. The summed E-state index contributed by atoms with van der Waals surface area (Å²) in [5.74, 6) is 2.65. The summed E-state index contributed by atoms with van der Waals surface area (Å²) in [5, 5.41) is 3.47. The fraction of sp³-hybridized carbons (Fsp3) is 0.160. The first-order valence-corrected chi connectivity index (χ1v) is 10.1. The van der Waals surface area contributed by atoms with Gasteiger partial charge in [-0.1, -0.05) is 61.6 Å². The molecule has 4 heteroatoms. The number of nitrogens with one attached hydrogen (secondary N) is 1. The minimum Gasteiger partial charge on any atom is -0.497 e. The minimum atomic E-state index is 0.583. The second-order valence-electron chi connectivity index (χ2n) is 6.87. The Morgan fingerprint density at radius 3 is 2.21 bits per heavy atom. The Morgan fingerprint density at radius 2 is 1.66 bits per heavy atom. The molecule has 0 fully saturated rings. The van der Waals surface area contributed by atoms with Crippen LogP contribution in [-0.2, 0) is 13.0 Å². The van der Waals surface area contributed by atoms with Gasteiger partial charge in [0, 0.05) is 17.7 Å². The molecule has 29 heavy (non-hydrogen) atoms. The van der Waals surface area contributed by atoms with Crippen molar-refractivity contribution in [2.45, 2.75) is 19.9 Å². The van der Waals surface area contributed by atoms with E-state index >= 15 is 0 Å². The predicted octanol–water partition coefficient (Wildman–Crippen LogP) is 6.81. The van der Waals surface area contributed by atoms with Crippen molar-refractivity contribution in [2.24, 2.45) is 0 Å². The van der Waals surface area contributed by atoms with Crippen LogP contribution in [0.15, 0.2) is 77.2 Å². The Bertz CT molecular complexity index is 1120. The lowest BCUT2D eigenvalue weighted by molar-refractivity contribution is 0.415. The molecule has 146 valence electrons. The fourth-order valence-corrected chi connectivity index (χ4v) is 3.67. The van der Waals surface area contributed by atoms with E-state index in [4.69, 9.17) is 21.4 Å². The van der Waals surface area contributed by atoms with Gasteiger partial charge >= 0.3 is 0 Å². The first kappa shape index (κ1) is 19.2. The molecule has 0 amide bonds. The summed E-state index contributed by atoms with van der Waals surface area (Å²) in [4.78, 5) is 0. The fourth-order valence-electron chi connectivity index (χ4n) is 3.30. The molecule has 1 aromatic heterocycles. The van der Waals surface area contributed by atoms with Crippen LogP contribution in [0.3, 0.4) is 0 Å². The first-order valence-electron chi connectivity index (χ1n) is 9.71. The highest BCUT2D eigenvalue weighted by Crippen LogP contribution is 2.29. The summed E-state index contributed by atoms with van der Waals surface area (Å²) in [6.45, 7) is 2.66. The molecule has 1 N–H and O–H groups in total. The van der Waals surface area contributed by atoms with Crippen LogP contribution in [0.1, 0.15) is 24.0 Å². The highest BCUT2D eigenvalue weighted by Gasteiger charge is 2.14. The minimum absolute atomic E-state index is 0.583. The van der Waals surface area contributed by atoms with Crippen molar-refractivity contribution in [1.29, 1.82) is 0 Å². The Labute approximate surface area is 176 Å². The first-order chi connectivity index (χ1) is 14.2. The monoisotopic (exact) mass is 401 g/mol. The molecule has 0 saturated heterocycles. The molecule has 4 rings (SSSR count). The summed E-state index contributed by atoms with van der Waals surface area (Å²) >= 11 is 5.62. The molecule has 1 aliphatic rings. The van der Waals surface area contributed by atoms with Gasteiger partial charge in [-0.3, -0.25) is 0 Å². The summed E-state index contributed by atoms with van der Waals surface area (Å²) in [5.41, 5.74) is 5.50. The van der Waals surface area contributed by atoms with E-state index in [1.165, 1.54) is 0 Å². The summed E-state index contributed by atoms with van der Waals surface area (Å²) in [6, 6.07) is 18.4. The summed E-state index contributed by atoms with van der Waals surface area (Å²) in [7, 11) is 1.68. The number of aryl methyl sites for hydroxylation is 1. The van der Waals surface area contributed by atoms with Gasteiger partial charge in [0.1, 0.15) is 17.3 Å². The molecule has 0 spiro atoms. The number of hydrogen-bond donors (Lipinski definition) is 1. The van der Waals surface area contributed by atoms with E-state index in [0.29, 0.717) is 6.54 Å². The van der Waals surface area contributed by atoms with Crippen LogP contribution >= 0.6 is 12.2 Å². The highest BCUT2D eigenvalue weighted by atomic mass is 32.1. The second-order valence-corrected chi connectivity index (χ2v) is 7.31. The van der Waals surface area contributed by atoms with Gasteiger partial charge in [-0.25, -0.2) is 0 Å². The van der Waals surface area contributed by atoms with Crippen LogP contribution in [-0.4, -0.2) is 7.11 Å². The average Bonchev–Trinajstić information content (AvgIpc) is 2.73. The Hall–Kier alpha value is -3.11. The van der Waals surface area contributed by atoms with Crippen molar-refractivity contribution in [2.75, 3.05) is 12.4 Å². The predicted molar refractivity (Wildman–Crippen MR) is 122 cm³/mol. The lowest BCUT2D eigenvalue weighted by Gasteiger charge is -2.15. The Balaban J connectivity index is 1.52. The molecule has 0 saturated carbocycles. The number of anilines is 1. The van der Waals surface area contributed by atoms with Gasteiger partial charge in [0.25, 0.3) is 0 Å². The van der Waals surface area contributed by atoms with E-state index in [-0.39, 0.29) is 0 Å². The molecule has 3 nitrogen and oxygen atoms in total. The topological polar surface area (TPSA) is 34.4 Å². The maximum atomic E-state index is 6.12. The SMILES string of the molecule is CCc1cc(=S)c(C2=CC=C2)c(CNc2ccc(-c3ccc(OC)cc3)cc2)o1. The third-order valence-electron chi connectivity index (χ3n) is 5.02. The maximum absolute atomic E-state index is 6.12. The van der Waals surface area contributed by atoms with Crippen molar-refractivity contribution in [3.8, 4) is 16.9 Å². The maximum Gasteiger partial charge on any atom is 0.132 e. The van der Waals surface area contributed by atoms with E-state index in [1.807, 2.05) is 24.3 Å². The zero-order chi connectivity index (χ0) is 20.2. The third kappa shape index (κ3) is 4.17. The van der Waals surface area contributed by atoms with Gasteiger partial charge in [0.2, 0.25) is 0 Å². The van der Waals surface area contributed by atoms with Gasteiger partial charge in [-0.05, 0) is 47.0 Å². The molecule has 0 radical (unpaired) electrons. The molecule has 0 atom stereocenters. The summed E-state index contributed by atoms with van der Waals surface area (Å²) in [6.07, 6.45) is 6.98. The van der Waals surface area contributed by atoms with Crippen LogP contribution in [0.5, 0.6) is 5.75 Å². The molecule has 3 aromatic rings. The van der Waals surface area contributed by atoms with Crippen LogP contribution in [0.4, 0.5) is 5.69 Å². The Kier molecular flexibility index (Phi) is 5.63. The molecule has 0 bridgehead atoms. The van der Waals surface area contributed by atoms with Crippen molar-refractivity contribution in [3.05, 3.63) is 94.4 Å². The van der Waals surface area contributed by atoms with E-state index < -0.39 is 0 Å². The van der Waals surface area contributed by atoms with Crippen molar-refractivity contribution < 1.29 is 9.15 Å². The molecule has 0 aliphatic heterocycles. The Morgan fingerprint density at radius 1 is 1.00 bits per heavy atom.